The quantitative estimate of drug-likeness (QED) is 0.0153. The van der Waals surface area contributed by atoms with E-state index in [1.54, 1.807) is 76.5 Å². The highest BCUT2D eigenvalue weighted by Crippen LogP contribution is 2.31. The Balaban J connectivity index is 0.000000226. The first-order valence-corrected chi connectivity index (χ1v) is 47.8. The largest absolute Gasteiger partial charge is 0.456 e. The Bertz CT molecular complexity index is 5560. The van der Waals surface area contributed by atoms with Crippen molar-refractivity contribution in [2.45, 2.75) is 202 Å². The van der Waals surface area contributed by atoms with Crippen LogP contribution in [0.4, 0.5) is 26.3 Å². The van der Waals surface area contributed by atoms with Gasteiger partial charge in [0.15, 0.2) is 0 Å². The summed E-state index contributed by atoms with van der Waals surface area (Å²) in [5.74, 6) is -6.58. The highest BCUT2D eigenvalue weighted by molar-refractivity contribution is 7.13. The molecule has 0 aliphatic heterocycles. The Morgan fingerprint density at radius 2 is 0.716 bits per heavy atom. The number of nitrogens with one attached hydrogen (secondary N) is 2. The number of carbonyl (C=O) groups is 6. The topological polar surface area (TPSA) is 295 Å². The van der Waals surface area contributed by atoms with E-state index in [4.69, 9.17) is 26.7 Å². The van der Waals surface area contributed by atoms with Gasteiger partial charge < -0.3 is 62.0 Å². The minimum Gasteiger partial charge on any atom is -0.456 e. The molecule has 0 radical (unpaired) electrons. The van der Waals surface area contributed by atoms with E-state index in [9.17, 15) is 60.2 Å². The molecule has 21 nitrogen and oxygen atoms in total. The Hall–Kier alpha value is -11.7. The number of carbonyl (C=O) groups excluding carboxylic acids is 6. The van der Waals surface area contributed by atoms with Gasteiger partial charge in [0.2, 0.25) is 0 Å². The number of nitrogens with two attached hydrogens (primary N) is 3. The molecule has 11 rings (SSSR count). The van der Waals surface area contributed by atoms with Crippen molar-refractivity contribution in [3.05, 3.63) is 323 Å². The fraction of sp³-hybridized carbons (Fsp3) is 0.381. The zero-order valence-corrected chi connectivity index (χ0v) is 79.8. The molecule has 6 atom stereocenters. The van der Waals surface area contributed by atoms with Crippen LogP contribution in [0.25, 0.3) is 21.1 Å². The Labute approximate surface area is 791 Å². The highest BCUT2D eigenvalue weighted by atomic mass is 32.1. The summed E-state index contributed by atoms with van der Waals surface area (Å²) in [6, 6.07) is 44.4. The van der Waals surface area contributed by atoms with E-state index in [1.165, 1.54) is 81.2 Å². The minimum atomic E-state index is -1.21. The molecule has 3 heterocycles. The number of nitrogens with zero attached hydrogens (tertiary/aromatic N) is 7. The van der Waals surface area contributed by atoms with Crippen molar-refractivity contribution < 1.29 is 69.7 Å². The van der Waals surface area contributed by atoms with Gasteiger partial charge >= 0.3 is 11.9 Å². The normalized spacial score (nSPS) is 12.5. The number of aliphatic hydroxyl groups excluding tert-OH is 1. The molecule has 0 aliphatic carbocycles. The Kier molecular flexibility index (Phi) is 42.7. The van der Waals surface area contributed by atoms with Crippen LogP contribution >= 0.6 is 22.7 Å². The van der Waals surface area contributed by atoms with Crippen LogP contribution in [0.1, 0.15) is 219 Å². The van der Waals surface area contributed by atoms with Gasteiger partial charge in [0.1, 0.15) is 62.8 Å². The standard InChI is InChI=1S/2C36H42F2N4O3S.C33H42F2N4O3/c1-4-11-42(12-5-2)35(43)28-18-27(34-41-10-13-46-34)19-29(20-28)36(44)45-33(23-40-22-25-9-7-8-24(6-3)14-25)32(39)17-26-15-30(37)21-31(38)16-26;1-4-11-41(12-5-2)35(44)28-18-27(34-40-10-13-46-34)19-29(20-28)36(45)42(22-25-9-7-8-24(6-3)14-25)23-33(43)32(39)17-26-15-30(37)21-31(38)16-26;1-5-11-39(12-6-2)32(40)30-18-26(13-22(4)38-30)33(41)42-31(21-37-20-24-10-8-9-23(7-3)14-24)29(36)17-25-15-27(34)19-28(35)16-25/h7-10,13-16,18-21,32-33,40H,4-6,11-12,17,22-23,39H2,1-3H3;7-10,13-16,18-21,32-33,43H,4-6,11-12,17,22-23,39H2,1-3H3;8-10,13-16,18-19,29,31,37H,5-7,11-12,17,20-21,36H2,1-4H3/t2*32-,33+;29-,31+/m000/s1. The number of rotatable bonds is 46. The van der Waals surface area contributed by atoms with E-state index in [2.05, 4.69) is 63.7 Å². The summed E-state index contributed by atoms with van der Waals surface area (Å²) in [5.41, 5.74) is 30.3. The van der Waals surface area contributed by atoms with E-state index in [1.807, 2.05) is 108 Å². The lowest BCUT2D eigenvalue weighted by Gasteiger charge is -2.29. The molecule has 0 bridgehead atoms. The van der Waals surface area contributed by atoms with Gasteiger partial charge in [-0.25, -0.2) is 50.9 Å². The fourth-order valence-corrected chi connectivity index (χ4v) is 16.9. The van der Waals surface area contributed by atoms with Crippen LogP contribution in [0.15, 0.2) is 199 Å². The van der Waals surface area contributed by atoms with Crippen molar-refractivity contribution in [2.24, 2.45) is 17.2 Å². The molecular formula is C105H126F6N12O9S2. The van der Waals surface area contributed by atoms with Crippen molar-refractivity contribution >= 4 is 58.2 Å². The van der Waals surface area contributed by atoms with Crippen molar-refractivity contribution in [1.29, 1.82) is 0 Å². The summed E-state index contributed by atoms with van der Waals surface area (Å²) in [7, 11) is 0. The van der Waals surface area contributed by atoms with Crippen molar-refractivity contribution in [3.63, 3.8) is 0 Å². The van der Waals surface area contributed by atoms with Crippen molar-refractivity contribution in [3.8, 4) is 21.1 Å². The van der Waals surface area contributed by atoms with Gasteiger partial charge in [-0.15, -0.1) is 22.7 Å². The second-order valence-corrected chi connectivity index (χ2v) is 35.2. The zero-order valence-electron chi connectivity index (χ0n) is 78.1. The number of hydrogen-bond donors (Lipinski definition) is 6. The predicted octanol–water partition coefficient (Wildman–Crippen LogP) is 18.7. The number of pyridine rings is 1. The first kappa shape index (κ1) is 106. The molecule has 4 amide bonds. The van der Waals surface area contributed by atoms with Crippen LogP contribution in [0, 0.1) is 41.8 Å². The molecule has 3 aromatic heterocycles. The van der Waals surface area contributed by atoms with Crippen LogP contribution in [-0.4, -0.2) is 171 Å². The summed E-state index contributed by atoms with van der Waals surface area (Å²) in [6.07, 6.45) is 8.05. The third kappa shape index (κ3) is 32.9. The summed E-state index contributed by atoms with van der Waals surface area (Å²) >= 11 is 2.81. The molecule has 9 N–H and O–H groups in total. The second kappa shape index (κ2) is 54.0. The maximum atomic E-state index is 14.4. The van der Waals surface area contributed by atoms with Crippen LogP contribution in [0.5, 0.6) is 0 Å². The first-order chi connectivity index (χ1) is 64.4. The summed E-state index contributed by atoms with van der Waals surface area (Å²) in [6.45, 7) is 25.0. The van der Waals surface area contributed by atoms with Crippen molar-refractivity contribution in [2.75, 3.05) is 58.9 Å². The second-order valence-electron chi connectivity index (χ2n) is 33.4. The number of thiazole rings is 2. The van der Waals surface area contributed by atoms with Crippen LogP contribution < -0.4 is 27.8 Å². The number of amides is 4. The molecule has 11 aromatic rings. The summed E-state index contributed by atoms with van der Waals surface area (Å²) < 4.78 is 95.2. The maximum absolute atomic E-state index is 14.4. The Morgan fingerprint density at radius 1 is 0.388 bits per heavy atom. The zero-order chi connectivity index (χ0) is 96.9. The van der Waals surface area contributed by atoms with Gasteiger partial charge in [-0.3, -0.25) is 19.2 Å². The molecule has 8 aromatic carbocycles. The molecule has 0 saturated heterocycles. The number of benzene rings is 8. The van der Waals surface area contributed by atoms with Gasteiger partial charge in [-0.05, 0) is 219 Å². The Morgan fingerprint density at radius 3 is 1.08 bits per heavy atom. The third-order valence-corrected chi connectivity index (χ3v) is 23.8. The molecular weight excluding hydrogens is 1750 g/mol. The molecule has 29 heteroatoms. The average molecular weight is 1880 g/mol. The number of hydrogen-bond acceptors (Lipinski definition) is 19. The van der Waals surface area contributed by atoms with Crippen LogP contribution in [-0.2, 0) is 67.6 Å². The van der Waals surface area contributed by atoms with E-state index in [0.717, 1.165) is 98.2 Å². The lowest BCUT2D eigenvalue weighted by molar-refractivity contribution is 0.0230. The van der Waals surface area contributed by atoms with E-state index in [-0.39, 0.29) is 85.5 Å². The summed E-state index contributed by atoms with van der Waals surface area (Å²) in [4.78, 5) is 102. The lowest BCUT2D eigenvalue weighted by atomic mass is 10.00. The molecule has 134 heavy (non-hydrogen) atoms. The van der Waals surface area contributed by atoms with Gasteiger partial charge in [-0.2, -0.15) is 0 Å². The minimum absolute atomic E-state index is 0.00602. The van der Waals surface area contributed by atoms with Crippen LogP contribution in [0.2, 0.25) is 0 Å². The summed E-state index contributed by atoms with van der Waals surface area (Å²) in [5, 5.41) is 22.9. The molecule has 714 valence electrons. The highest BCUT2D eigenvalue weighted by Gasteiger charge is 2.31. The van der Waals surface area contributed by atoms with Gasteiger partial charge in [0.05, 0.1) is 17.2 Å². The van der Waals surface area contributed by atoms with Gasteiger partial charge in [0, 0.05) is 172 Å². The van der Waals surface area contributed by atoms with Crippen LogP contribution in [0.3, 0.4) is 0 Å². The lowest BCUT2D eigenvalue weighted by Crippen LogP contribution is -2.46. The van der Waals surface area contributed by atoms with Gasteiger partial charge in [-0.1, -0.05) is 135 Å². The first-order valence-electron chi connectivity index (χ1n) is 46.1. The third-order valence-electron chi connectivity index (χ3n) is 22.2. The predicted molar refractivity (Wildman–Crippen MR) is 518 cm³/mol. The van der Waals surface area contributed by atoms with Crippen molar-refractivity contribution in [1.82, 2.24) is 45.2 Å². The number of ether oxygens (including phenoxy) is 2. The average Bonchev–Trinajstić information content (AvgIpc) is 1.01. The van der Waals surface area contributed by atoms with Gasteiger partial charge in [0.25, 0.3) is 23.6 Å². The molecule has 0 fully saturated rings. The maximum Gasteiger partial charge on any atom is 0.338 e. The molecule has 0 aliphatic rings. The van der Waals surface area contributed by atoms with E-state index < -0.39 is 89.2 Å². The van der Waals surface area contributed by atoms with E-state index >= 15 is 0 Å². The number of aryl methyl sites for hydroxylation is 4. The number of halogens is 6. The number of aliphatic hydroxyl groups is 1. The fourth-order valence-electron chi connectivity index (χ4n) is 15.7. The monoisotopic (exact) mass is 1880 g/mol. The number of esters is 2. The SMILES string of the molecule is CCCN(CCC)C(=O)c1cc(C(=O)N(Cc2cccc(CC)c2)C[C@@H](O)[C@@H](N)Cc2cc(F)cc(F)c2)cc(-c2nccs2)c1.CCCN(CCC)C(=O)c1cc(C(=O)O[C@H](CNCc2cccc(CC)c2)[C@@H](N)Cc2cc(F)cc(F)c2)cc(-c2nccs2)c1.CCCN(CCC)C(=O)c1cc(C(=O)O[C@H](CNCc2cccc(CC)c2)[C@@H](N)Cc2cc(F)cc(F)c2)cc(C)n1. The molecule has 0 unspecified atom stereocenters. The molecule has 0 spiro atoms. The van der Waals surface area contributed by atoms with E-state index in [0.29, 0.717) is 107 Å². The molecule has 0 saturated carbocycles. The smallest absolute Gasteiger partial charge is 0.338 e. The number of aromatic nitrogens is 3.